The van der Waals surface area contributed by atoms with Crippen LogP contribution in [0.15, 0.2) is 29.5 Å². The van der Waals surface area contributed by atoms with E-state index in [2.05, 4.69) is 32.8 Å². The summed E-state index contributed by atoms with van der Waals surface area (Å²) in [7, 11) is 1.58. The number of aromatic nitrogens is 2. The lowest BCUT2D eigenvalue weighted by molar-refractivity contribution is -0.140. The second-order valence-corrected chi connectivity index (χ2v) is 7.56. The highest BCUT2D eigenvalue weighted by atomic mass is 19.3. The van der Waals surface area contributed by atoms with Crippen LogP contribution in [0.4, 0.5) is 8.78 Å². The number of rotatable bonds is 7. The standard InChI is InChI=1S/C19H24F2N6O2/c1-22-19(25-10-13-23-6-8-26(13)18(20)21)24-5-2-7-27-16(28)14-11-3-4-12(9-11)15(14)17(27)29/h3-4,6,8,11-12,14-15,18H,2,5,7,9-10H2,1H3,(H2,22,24,25). The minimum Gasteiger partial charge on any atom is -0.356 e. The molecule has 1 saturated carbocycles. The van der Waals surface area contributed by atoms with E-state index in [1.807, 2.05) is 0 Å². The lowest BCUT2D eigenvalue weighted by Gasteiger charge is -2.18. The summed E-state index contributed by atoms with van der Waals surface area (Å²) in [6.07, 6.45) is 8.20. The predicted octanol–water partition coefficient (Wildman–Crippen LogP) is 1.14. The largest absolute Gasteiger partial charge is 0.356 e. The Morgan fingerprint density at radius 1 is 1.24 bits per heavy atom. The first-order valence-electron chi connectivity index (χ1n) is 9.79. The molecule has 8 nitrogen and oxygen atoms in total. The van der Waals surface area contributed by atoms with Crippen LogP contribution in [0, 0.1) is 23.7 Å². The predicted molar refractivity (Wildman–Crippen MR) is 101 cm³/mol. The Kier molecular flexibility index (Phi) is 5.33. The fourth-order valence-electron chi connectivity index (χ4n) is 4.67. The van der Waals surface area contributed by atoms with Crippen LogP contribution in [0.1, 0.15) is 25.2 Å². The Morgan fingerprint density at radius 2 is 1.93 bits per heavy atom. The second-order valence-electron chi connectivity index (χ2n) is 7.56. The van der Waals surface area contributed by atoms with E-state index in [4.69, 9.17) is 0 Å². The van der Waals surface area contributed by atoms with E-state index in [0.717, 1.165) is 11.0 Å². The van der Waals surface area contributed by atoms with Gasteiger partial charge in [0.25, 0.3) is 0 Å². The van der Waals surface area contributed by atoms with Crippen molar-refractivity contribution in [3.63, 3.8) is 0 Å². The zero-order valence-corrected chi connectivity index (χ0v) is 16.1. The van der Waals surface area contributed by atoms with Crippen LogP contribution in [0.3, 0.4) is 0 Å². The molecule has 10 heteroatoms. The molecule has 2 heterocycles. The lowest BCUT2D eigenvalue weighted by atomic mass is 9.85. The number of carbonyl (C=O) groups excluding carboxylic acids is 2. The van der Waals surface area contributed by atoms with Gasteiger partial charge in [-0.15, -0.1) is 0 Å². The van der Waals surface area contributed by atoms with Crippen LogP contribution in [0.2, 0.25) is 0 Å². The van der Waals surface area contributed by atoms with E-state index in [9.17, 15) is 18.4 Å². The van der Waals surface area contributed by atoms with Crippen molar-refractivity contribution in [3.8, 4) is 0 Å². The van der Waals surface area contributed by atoms with Crippen molar-refractivity contribution in [2.24, 2.45) is 28.7 Å². The number of nitrogens with zero attached hydrogens (tertiary/aromatic N) is 4. The van der Waals surface area contributed by atoms with Gasteiger partial charge in [0.05, 0.1) is 18.4 Å². The van der Waals surface area contributed by atoms with Gasteiger partial charge in [0.15, 0.2) is 5.96 Å². The van der Waals surface area contributed by atoms with Crippen molar-refractivity contribution in [2.45, 2.75) is 25.9 Å². The van der Waals surface area contributed by atoms with Gasteiger partial charge >= 0.3 is 6.55 Å². The molecule has 2 N–H and O–H groups in total. The number of likely N-dealkylation sites (tertiary alicyclic amines) is 1. The first kappa shape index (κ1) is 19.5. The van der Waals surface area contributed by atoms with Gasteiger partial charge in [-0.25, -0.2) is 4.98 Å². The molecule has 1 aromatic heterocycles. The highest BCUT2D eigenvalue weighted by Crippen LogP contribution is 2.52. The number of imidazole rings is 1. The summed E-state index contributed by atoms with van der Waals surface area (Å²) in [5.41, 5.74) is 0. The molecule has 2 aliphatic carbocycles. The monoisotopic (exact) mass is 406 g/mol. The molecule has 1 saturated heterocycles. The maximum Gasteiger partial charge on any atom is 0.319 e. The lowest BCUT2D eigenvalue weighted by Crippen LogP contribution is -2.40. The molecular weight excluding hydrogens is 382 g/mol. The normalized spacial score (nSPS) is 28.0. The summed E-state index contributed by atoms with van der Waals surface area (Å²) in [6.45, 7) is -1.70. The summed E-state index contributed by atoms with van der Waals surface area (Å²) in [5, 5.41) is 6.00. The number of guanidine groups is 1. The third kappa shape index (κ3) is 3.51. The second kappa shape index (κ2) is 7.92. The number of imide groups is 1. The average Bonchev–Trinajstić information content (AvgIpc) is 3.47. The molecule has 1 aromatic rings. The van der Waals surface area contributed by atoms with E-state index >= 15 is 0 Å². The van der Waals surface area contributed by atoms with Gasteiger partial charge in [0.1, 0.15) is 5.82 Å². The molecule has 0 aromatic carbocycles. The number of alkyl halides is 2. The van der Waals surface area contributed by atoms with E-state index in [0.29, 0.717) is 25.5 Å². The Labute approximate surface area is 167 Å². The molecule has 2 amide bonds. The van der Waals surface area contributed by atoms with Gasteiger partial charge in [0, 0.05) is 32.5 Å². The molecule has 2 fully saturated rings. The summed E-state index contributed by atoms with van der Waals surface area (Å²) in [5.74, 6) is 0.646. The number of nitrogens with one attached hydrogen (secondary N) is 2. The van der Waals surface area contributed by atoms with Gasteiger partial charge < -0.3 is 10.6 Å². The van der Waals surface area contributed by atoms with Crippen LogP contribution < -0.4 is 10.6 Å². The van der Waals surface area contributed by atoms with E-state index in [1.165, 1.54) is 17.3 Å². The van der Waals surface area contributed by atoms with E-state index < -0.39 is 6.55 Å². The molecule has 1 aliphatic heterocycles. The van der Waals surface area contributed by atoms with E-state index in [1.54, 1.807) is 7.05 Å². The van der Waals surface area contributed by atoms with Crippen LogP contribution in [0.25, 0.3) is 0 Å². The highest BCUT2D eigenvalue weighted by molar-refractivity contribution is 6.06. The third-order valence-electron chi connectivity index (χ3n) is 6.01. The first-order chi connectivity index (χ1) is 14.0. The number of fused-ring (bicyclic) bond motifs is 5. The maximum absolute atomic E-state index is 12.8. The summed E-state index contributed by atoms with van der Waals surface area (Å²) in [4.78, 5) is 34.6. The van der Waals surface area contributed by atoms with E-state index in [-0.39, 0.29) is 47.9 Å². The first-order valence-corrected chi connectivity index (χ1v) is 9.79. The smallest absolute Gasteiger partial charge is 0.319 e. The van der Waals surface area contributed by atoms with Crippen molar-refractivity contribution in [2.75, 3.05) is 20.1 Å². The topological polar surface area (TPSA) is 91.6 Å². The SMILES string of the molecule is CN=C(NCCCN1C(=O)C2C3C=CC(C3)C2C1=O)NCc1nccn1C(F)F. The fraction of sp³-hybridized carbons (Fsp3) is 0.579. The summed E-state index contributed by atoms with van der Waals surface area (Å²) >= 11 is 0. The molecule has 4 atom stereocenters. The number of amides is 2. The number of halogens is 2. The Balaban J connectivity index is 1.22. The molecule has 4 unspecified atom stereocenters. The fourth-order valence-corrected chi connectivity index (χ4v) is 4.67. The maximum atomic E-state index is 12.8. The minimum atomic E-state index is -2.65. The van der Waals surface area contributed by atoms with Gasteiger partial charge in [0.2, 0.25) is 11.8 Å². The van der Waals surface area contributed by atoms with Gasteiger partial charge in [-0.1, -0.05) is 12.2 Å². The number of aliphatic imine (C=N–C) groups is 1. The molecular formula is C19H24F2N6O2. The van der Waals surface area contributed by atoms with Gasteiger partial charge in [-0.2, -0.15) is 8.78 Å². The number of allylic oxidation sites excluding steroid dienone is 2. The molecule has 156 valence electrons. The molecule has 29 heavy (non-hydrogen) atoms. The highest BCUT2D eigenvalue weighted by Gasteiger charge is 2.58. The van der Waals surface area contributed by atoms with Crippen molar-refractivity contribution < 1.29 is 18.4 Å². The minimum absolute atomic E-state index is 0.0433. The molecule has 0 radical (unpaired) electrons. The Bertz CT molecular complexity index is 822. The number of carbonyl (C=O) groups is 2. The molecule has 3 aliphatic rings. The van der Waals surface area contributed by atoms with Crippen molar-refractivity contribution in [1.29, 1.82) is 0 Å². The number of hydrogen-bond acceptors (Lipinski definition) is 4. The molecule has 2 bridgehead atoms. The van der Waals surface area contributed by atoms with Crippen molar-refractivity contribution in [3.05, 3.63) is 30.4 Å². The number of hydrogen-bond donors (Lipinski definition) is 2. The van der Waals surface area contributed by atoms with Crippen LogP contribution >= 0.6 is 0 Å². The van der Waals surface area contributed by atoms with Crippen LogP contribution in [-0.2, 0) is 16.1 Å². The molecule has 0 spiro atoms. The van der Waals surface area contributed by atoms with Crippen LogP contribution in [-0.4, -0.2) is 52.4 Å². The molecule has 4 rings (SSSR count). The van der Waals surface area contributed by atoms with Crippen LogP contribution in [0.5, 0.6) is 0 Å². The van der Waals surface area contributed by atoms with Crippen molar-refractivity contribution >= 4 is 17.8 Å². The zero-order chi connectivity index (χ0) is 20.5. The van der Waals surface area contributed by atoms with Crippen molar-refractivity contribution in [1.82, 2.24) is 25.1 Å². The Hall–Kier alpha value is -2.78. The summed E-state index contributed by atoms with van der Waals surface area (Å²) in [6, 6.07) is 0. The average molecular weight is 406 g/mol. The summed E-state index contributed by atoms with van der Waals surface area (Å²) < 4.78 is 26.5. The quantitative estimate of drug-likeness (QED) is 0.233. The van der Waals surface area contributed by atoms with Gasteiger partial charge in [-0.3, -0.25) is 24.0 Å². The third-order valence-corrected chi connectivity index (χ3v) is 6.01. The van der Waals surface area contributed by atoms with Gasteiger partial charge in [-0.05, 0) is 24.7 Å². The Morgan fingerprint density at radius 3 is 2.55 bits per heavy atom. The zero-order valence-electron chi connectivity index (χ0n) is 16.1.